The monoisotopic (exact) mass is 312 g/mol. The third-order valence-corrected chi connectivity index (χ3v) is 3.24. The quantitative estimate of drug-likeness (QED) is 0.632. The molecule has 2 aromatic carbocycles. The summed E-state index contributed by atoms with van der Waals surface area (Å²) in [6.07, 6.45) is 0. The van der Waals surface area contributed by atoms with Crippen LogP contribution in [0.3, 0.4) is 0 Å². The van der Waals surface area contributed by atoms with Gasteiger partial charge in [-0.1, -0.05) is 18.2 Å². The lowest BCUT2D eigenvalue weighted by molar-refractivity contribution is 0.0599. The van der Waals surface area contributed by atoms with Gasteiger partial charge in [0.15, 0.2) is 0 Å². The zero-order valence-electron chi connectivity index (χ0n) is 13.1. The number of hydrogen-bond acceptors (Lipinski definition) is 6. The fourth-order valence-electron chi connectivity index (χ4n) is 1.97. The number of nitrogens with zero attached hydrogens (tertiary/aromatic N) is 2. The van der Waals surface area contributed by atoms with Gasteiger partial charge in [-0.15, -0.1) is 0 Å². The van der Waals surface area contributed by atoms with E-state index in [1.54, 1.807) is 19.1 Å². The number of carbonyl (C=O) groups is 2. The highest BCUT2D eigenvalue weighted by molar-refractivity contribution is 5.98. The lowest BCUT2D eigenvalue weighted by atomic mass is 10.0. The molecule has 0 saturated carbocycles. The first-order chi connectivity index (χ1) is 11.1. The van der Waals surface area contributed by atoms with Crippen LogP contribution in [-0.4, -0.2) is 26.2 Å². The van der Waals surface area contributed by atoms with Crippen molar-refractivity contribution in [1.29, 1.82) is 0 Å². The molecule has 0 fully saturated rings. The van der Waals surface area contributed by atoms with Gasteiger partial charge in [0, 0.05) is 0 Å². The molecule has 2 rings (SSSR count). The molecule has 6 heteroatoms. The largest absolute Gasteiger partial charge is 0.465 e. The van der Waals surface area contributed by atoms with Crippen LogP contribution < -0.4 is 0 Å². The molecule has 0 saturated heterocycles. The Kier molecular flexibility index (Phi) is 5.19. The highest BCUT2D eigenvalue weighted by atomic mass is 16.5. The van der Waals surface area contributed by atoms with E-state index in [1.807, 2.05) is 18.2 Å². The summed E-state index contributed by atoms with van der Waals surface area (Å²) in [6.45, 7) is 1.71. The lowest BCUT2D eigenvalue weighted by Gasteiger charge is -2.09. The predicted octanol–water partition coefficient (Wildman–Crippen LogP) is 3.98. The van der Waals surface area contributed by atoms with Crippen LogP contribution in [-0.2, 0) is 9.47 Å². The van der Waals surface area contributed by atoms with E-state index in [-0.39, 0.29) is 11.1 Å². The molecule has 0 atom stereocenters. The highest BCUT2D eigenvalue weighted by Crippen LogP contribution is 2.27. The van der Waals surface area contributed by atoms with E-state index in [0.717, 1.165) is 0 Å². The third kappa shape index (κ3) is 3.79. The third-order valence-electron chi connectivity index (χ3n) is 3.24. The van der Waals surface area contributed by atoms with E-state index in [1.165, 1.54) is 26.4 Å². The minimum Gasteiger partial charge on any atom is -0.465 e. The maximum absolute atomic E-state index is 11.9. The van der Waals surface area contributed by atoms with Crippen molar-refractivity contribution in [3.8, 4) is 0 Å². The van der Waals surface area contributed by atoms with Crippen LogP contribution in [0, 0.1) is 6.92 Å². The number of benzene rings is 2. The number of esters is 2. The number of ether oxygens (including phenoxy) is 2. The zero-order chi connectivity index (χ0) is 16.8. The molecule has 0 N–H and O–H groups in total. The van der Waals surface area contributed by atoms with Crippen molar-refractivity contribution in [2.24, 2.45) is 10.2 Å². The molecule has 6 nitrogen and oxygen atoms in total. The minimum atomic E-state index is -0.564. The molecule has 0 amide bonds. The van der Waals surface area contributed by atoms with Crippen molar-refractivity contribution >= 4 is 23.3 Å². The van der Waals surface area contributed by atoms with E-state index < -0.39 is 11.9 Å². The molecule has 118 valence electrons. The fourth-order valence-corrected chi connectivity index (χ4v) is 1.97. The summed E-state index contributed by atoms with van der Waals surface area (Å²) in [7, 11) is 2.54. The van der Waals surface area contributed by atoms with Crippen LogP contribution in [0.4, 0.5) is 11.4 Å². The van der Waals surface area contributed by atoms with Crippen LogP contribution in [0.2, 0.25) is 0 Å². The molecular weight excluding hydrogens is 296 g/mol. The van der Waals surface area contributed by atoms with Crippen molar-refractivity contribution in [2.45, 2.75) is 6.92 Å². The Labute approximate surface area is 133 Å². The summed E-state index contributed by atoms with van der Waals surface area (Å²) < 4.78 is 9.44. The van der Waals surface area contributed by atoms with Gasteiger partial charge in [0.05, 0.1) is 36.7 Å². The van der Waals surface area contributed by atoms with Crippen LogP contribution in [0.25, 0.3) is 0 Å². The van der Waals surface area contributed by atoms with Gasteiger partial charge in [-0.2, -0.15) is 10.2 Å². The van der Waals surface area contributed by atoms with Gasteiger partial charge in [-0.25, -0.2) is 9.59 Å². The van der Waals surface area contributed by atoms with E-state index in [9.17, 15) is 9.59 Å². The molecule has 0 aliphatic rings. The van der Waals surface area contributed by atoms with Gasteiger partial charge in [-0.3, -0.25) is 0 Å². The Bertz CT molecular complexity index is 755. The van der Waals surface area contributed by atoms with E-state index in [0.29, 0.717) is 16.9 Å². The second-order valence-corrected chi connectivity index (χ2v) is 4.69. The molecule has 0 aliphatic heterocycles. The van der Waals surface area contributed by atoms with Gasteiger partial charge < -0.3 is 9.47 Å². The van der Waals surface area contributed by atoms with Crippen LogP contribution in [0.15, 0.2) is 52.7 Å². The predicted molar refractivity (Wildman–Crippen MR) is 84.5 cm³/mol. The molecule has 0 heterocycles. The van der Waals surface area contributed by atoms with Gasteiger partial charge in [-0.05, 0) is 36.8 Å². The normalized spacial score (nSPS) is 10.6. The summed E-state index contributed by atoms with van der Waals surface area (Å²) in [5.74, 6) is -1.12. The molecule has 0 bridgehead atoms. The maximum Gasteiger partial charge on any atom is 0.338 e. The van der Waals surface area contributed by atoms with Gasteiger partial charge in [0.1, 0.15) is 0 Å². The lowest BCUT2D eigenvalue weighted by Crippen LogP contribution is -2.08. The number of rotatable bonds is 4. The van der Waals surface area contributed by atoms with Crippen molar-refractivity contribution in [2.75, 3.05) is 14.2 Å². The standard InChI is InChI=1S/C17H16N2O4/c1-11-14(17(21)23-3)9-12(16(20)22-2)10-15(11)19-18-13-7-5-4-6-8-13/h4-10H,1-3H3. The summed E-state index contributed by atoms with van der Waals surface area (Å²) in [5, 5.41) is 8.25. The Morgan fingerprint density at radius 2 is 1.57 bits per heavy atom. The Balaban J connectivity index is 2.50. The Hall–Kier alpha value is -3.02. The van der Waals surface area contributed by atoms with E-state index in [2.05, 4.69) is 10.2 Å². The summed E-state index contributed by atoms with van der Waals surface area (Å²) in [4.78, 5) is 23.6. The zero-order valence-corrected chi connectivity index (χ0v) is 13.1. The second kappa shape index (κ2) is 7.31. The number of carbonyl (C=O) groups excluding carboxylic acids is 2. The summed E-state index contributed by atoms with van der Waals surface area (Å²) in [5.41, 5.74) is 2.09. The average molecular weight is 312 g/mol. The minimum absolute atomic E-state index is 0.209. The maximum atomic E-state index is 11.9. The first-order valence-corrected chi connectivity index (χ1v) is 6.85. The molecule has 0 aromatic heterocycles. The Morgan fingerprint density at radius 3 is 2.17 bits per heavy atom. The van der Waals surface area contributed by atoms with Crippen molar-refractivity contribution in [1.82, 2.24) is 0 Å². The highest BCUT2D eigenvalue weighted by Gasteiger charge is 2.18. The van der Waals surface area contributed by atoms with Crippen molar-refractivity contribution < 1.29 is 19.1 Å². The van der Waals surface area contributed by atoms with Crippen LogP contribution in [0.5, 0.6) is 0 Å². The first-order valence-electron chi connectivity index (χ1n) is 6.85. The first kappa shape index (κ1) is 16.4. The van der Waals surface area contributed by atoms with Crippen LogP contribution >= 0.6 is 0 Å². The molecule has 0 spiro atoms. The average Bonchev–Trinajstić information content (AvgIpc) is 2.60. The smallest absolute Gasteiger partial charge is 0.338 e. The van der Waals surface area contributed by atoms with E-state index >= 15 is 0 Å². The van der Waals surface area contributed by atoms with Crippen LogP contribution in [0.1, 0.15) is 26.3 Å². The van der Waals surface area contributed by atoms with Gasteiger partial charge in [0.2, 0.25) is 0 Å². The van der Waals surface area contributed by atoms with E-state index in [4.69, 9.17) is 9.47 Å². The van der Waals surface area contributed by atoms with Gasteiger partial charge in [0.25, 0.3) is 0 Å². The molecule has 23 heavy (non-hydrogen) atoms. The second-order valence-electron chi connectivity index (χ2n) is 4.69. The number of azo groups is 1. The van der Waals surface area contributed by atoms with Gasteiger partial charge >= 0.3 is 11.9 Å². The molecular formula is C17H16N2O4. The topological polar surface area (TPSA) is 77.3 Å². The SMILES string of the molecule is COC(=O)c1cc(N=Nc2ccccc2)c(C)c(C(=O)OC)c1. The molecule has 0 aliphatic carbocycles. The Morgan fingerprint density at radius 1 is 0.913 bits per heavy atom. The fraction of sp³-hybridized carbons (Fsp3) is 0.176. The number of methoxy groups -OCH3 is 2. The molecule has 0 radical (unpaired) electrons. The molecule has 2 aromatic rings. The summed E-state index contributed by atoms with van der Waals surface area (Å²) >= 11 is 0. The summed E-state index contributed by atoms with van der Waals surface area (Å²) in [6, 6.07) is 12.1. The molecule has 0 unspecified atom stereocenters. The number of hydrogen-bond donors (Lipinski definition) is 0. The van der Waals surface area contributed by atoms with Crippen molar-refractivity contribution in [3.63, 3.8) is 0 Å². The van der Waals surface area contributed by atoms with Crippen molar-refractivity contribution in [3.05, 3.63) is 59.2 Å².